The minimum Gasteiger partial charge on any atom is -0.481 e. The van der Waals surface area contributed by atoms with Crippen molar-refractivity contribution in [3.05, 3.63) is 47.7 Å². The largest absolute Gasteiger partial charge is 0.481 e. The van der Waals surface area contributed by atoms with Gasteiger partial charge in [0.05, 0.1) is 5.41 Å². The number of fused-ring (bicyclic) bond motifs is 3. The zero-order chi connectivity index (χ0) is 16.9. The van der Waals surface area contributed by atoms with Gasteiger partial charge in [-0.2, -0.15) is 0 Å². The van der Waals surface area contributed by atoms with E-state index < -0.39 is 11.4 Å². The molecule has 5 nitrogen and oxygen atoms in total. The van der Waals surface area contributed by atoms with Crippen LogP contribution in [0.3, 0.4) is 0 Å². The van der Waals surface area contributed by atoms with Crippen molar-refractivity contribution in [3.63, 3.8) is 0 Å². The number of carboxylic acid groups (broad SMARTS) is 1. The third-order valence-electron chi connectivity index (χ3n) is 4.93. The van der Waals surface area contributed by atoms with Gasteiger partial charge in [-0.1, -0.05) is 36.4 Å². The van der Waals surface area contributed by atoms with Crippen LogP contribution in [0.4, 0.5) is 0 Å². The third kappa shape index (κ3) is 2.16. The summed E-state index contributed by atoms with van der Waals surface area (Å²) in [6.07, 6.45) is 1.21. The quantitative estimate of drug-likeness (QED) is 0.770. The Hall–Kier alpha value is -2.82. The van der Waals surface area contributed by atoms with Crippen molar-refractivity contribution in [2.75, 3.05) is 6.54 Å². The Kier molecular flexibility index (Phi) is 3.13. The topological polar surface area (TPSA) is 79.5 Å². The van der Waals surface area contributed by atoms with Crippen molar-refractivity contribution in [2.45, 2.75) is 19.8 Å². The number of carbonyl (C=O) groups is 2. The number of carbonyl (C=O) groups excluding carboxylic acids is 1. The number of benzene rings is 2. The molecule has 4 rings (SSSR count). The number of carboxylic acids is 1. The van der Waals surface area contributed by atoms with E-state index in [0.29, 0.717) is 18.4 Å². The second-order valence-corrected chi connectivity index (χ2v) is 6.49. The van der Waals surface area contributed by atoms with Gasteiger partial charge >= 0.3 is 5.97 Å². The first-order valence-electron chi connectivity index (χ1n) is 7.94. The molecule has 0 saturated heterocycles. The van der Waals surface area contributed by atoms with Gasteiger partial charge < -0.3 is 14.8 Å². The summed E-state index contributed by atoms with van der Waals surface area (Å²) in [5.74, 6) is -0.960. The Labute approximate surface area is 138 Å². The number of nitrogens with one attached hydrogen (secondary N) is 1. The van der Waals surface area contributed by atoms with E-state index in [9.17, 15) is 14.7 Å². The number of hydrogen-bond acceptors (Lipinski definition) is 3. The van der Waals surface area contributed by atoms with Crippen LogP contribution >= 0.6 is 0 Å². The zero-order valence-corrected chi connectivity index (χ0v) is 13.3. The molecule has 5 heteroatoms. The Morgan fingerprint density at radius 2 is 1.92 bits per heavy atom. The predicted octanol–water partition coefficient (Wildman–Crippen LogP) is 3.49. The van der Waals surface area contributed by atoms with Crippen molar-refractivity contribution in [2.24, 2.45) is 5.41 Å². The fourth-order valence-corrected chi connectivity index (χ4v) is 3.11. The molecule has 2 N–H and O–H groups in total. The van der Waals surface area contributed by atoms with Crippen molar-refractivity contribution in [3.8, 4) is 0 Å². The Morgan fingerprint density at radius 3 is 2.62 bits per heavy atom. The molecule has 1 aromatic heterocycles. The first-order chi connectivity index (χ1) is 11.5. The van der Waals surface area contributed by atoms with Crippen LogP contribution in [-0.4, -0.2) is 23.5 Å². The van der Waals surface area contributed by atoms with Crippen LogP contribution in [0.25, 0.3) is 21.7 Å². The fraction of sp³-hybridized carbons (Fsp3) is 0.263. The monoisotopic (exact) mass is 323 g/mol. The highest BCUT2D eigenvalue weighted by Crippen LogP contribution is 2.45. The molecule has 1 amide bonds. The molecule has 0 atom stereocenters. The molecule has 122 valence electrons. The first kappa shape index (κ1) is 14.8. The van der Waals surface area contributed by atoms with E-state index in [-0.39, 0.29) is 18.2 Å². The molecule has 0 aliphatic heterocycles. The van der Waals surface area contributed by atoms with Gasteiger partial charge in [-0.25, -0.2) is 0 Å². The van der Waals surface area contributed by atoms with E-state index in [4.69, 9.17) is 4.42 Å². The molecule has 0 spiro atoms. The zero-order valence-electron chi connectivity index (χ0n) is 13.3. The summed E-state index contributed by atoms with van der Waals surface area (Å²) in [5, 5.41) is 14.8. The molecule has 1 aliphatic rings. The summed E-state index contributed by atoms with van der Waals surface area (Å²) >= 11 is 0. The predicted molar refractivity (Wildman–Crippen MR) is 90.1 cm³/mol. The van der Waals surface area contributed by atoms with Gasteiger partial charge in [0.1, 0.15) is 5.58 Å². The highest BCUT2D eigenvalue weighted by atomic mass is 16.4. The molecule has 1 aliphatic carbocycles. The molecule has 1 heterocycles. The average Bonchev–Trinajstić information content (AvgIpc) is 3.31. The van der Waals surface area contributed by atoms with Gasteiger partial charge in [-0.3, -0.25) is 9.59 Å². The van der Waals surface area contributed by atoms with Gasteiger partial charge in [0.15, 0.2) is 5.76 Å². The van der Waals surface area contributed by atoms with Gasteiger partial charge in [-0.05, 0) is 25.2 Å². The standard InChI is InChI=1S/C19H17NO4/c1-11-13-7-6-12-4-2-3-5-14(12)16(13)24-15(11)17(21)20-10-19(8-9-19)18(22)23/h2-7H,8-10H2,1H3,(H,20,21)(H,22,23). The van der Waals surface area contributed by atoms with Crippen LogP contribution in [0.1, 0.15) is 29.0 Å². The molecule has 24 heavy (non-hydrogen) atoms. The first-order valence-corrected chi connectivity index (χ1v) is 7.94. The van der Waals surface area contributed by atoms with Crippen molar-refractivity contribution < 1.29 is 19.1 Å². The normalized spacial score (nSPS) is 15.5. The van der Waals surface area contributed by atoms with E-state index in [1.807, 2.05) is 43.3 Å². The minimum atomic E-state index is -0.852. The van der Waals surface area contributed by atoms with Crippen LogP contribution in [0.5, 0.6) is 0 Å². The number of furan rings is 1. The summed E-state index contributed by atoms with van der Waals surface area (Å²) in [4.78, 5) is 23.7. The summed E-state index contributed by atoms with van der Waals surface area (Å²) in [7, 11) is 0. The highest BCUT2D eigenvalue weighted by Gasteiger charge is 2.50. The molecule has 2 aromatic carbocycles. The lowest BCUT2D eigenvalue weighted by Crippen LogP contribution is -2.34. The molecule has 3 aromatic rings. The highest BCUT2D eigenvalue weighted by molar-refractivity contribution is 6.08. The number of hydrogen-bond donors (Lipinski definition) is 2. The summed E-state index contributed by atoms with van der Waals surface area (Å²) in [6.45, 7) is 1.98. The minimum absolute atomic E-state index is 0.137. The maximum atomic E-state index is 12.5. The van der Waals surface area contributed by atoms with E-state index in [1.54, 1.807) is 0 Å². The second kappa shape index (κ2) is 5.09. The number of aliphatic carboxylic acids is 1. The van der Waals surface area contributed by atoms with E-state index >= 15 is 0 Å². The average molecular weight is 323 g/mol. The molecule has 0 radical (unpaired) electrons. The lowest BCUT2D eigenvalue weighted by atomic mass is 10.1. The summed E-state index contributed by atoms with van der Waals surface area (Å²) < 4.78 is 5.86. The molecular formula is C19H17NO4. The van der Waals surface area contributed by atoms with Crippen molar-refractivity contribution >= 4 is 33.6 Å². The Balaban J connectivity index is 1.69. The fourth-order valence-electron chi connectivity index (χ4n) is 3.11. The number of aryl methyl sites for hydroxylation is 1. The van der Waals surface area contributed by atoms with E-state index in [1.165, 1.54) is 0 Å². The van der Waals surface area contributed by atoms with Gasteiger partial charge in [-0.15, -0.1) is 0 Å². The van der Waals surface area contributed by atoms with Crippen LogP contribution in [0.2, 0.25) is 0 Å². The molecule has 1 saturated carbocycles. The third-order valence-corrected chi connectivity index (χ3v) is 4.93. The van der Waals surface area contributed by atoms with Crippen molar-refractivity contribution in [1.29, 1.82) is 0 Å². The van der Waals surface area contributed by atoms with Crippen LogP contribution in [-0.2, 0) is 4.79 Å². The maximum absolute atomic E-state index is 12.5. The van der Waals surface area contributed by atoms with Crippen LogP contribution in [0, 0.1) is 12.3 Å². The maximum Gasteiger partial charge on any atom is 0.311 e. The molecule has 0 unspecified atom stereocenters. The Morgan fingerprint density at radius 1 is 1.17 bits per heavy atom. The van der Waals surface area contributed by atoms with Crippen LogP contribution in [0.15, 0.2) is 40.8 Å². The summed E-state index contributed by atoms with van der Waals surface area (Å²) in [6, 6.07) is 11.8. The van der Waals surface area contributed by atoms with E-state index in [0.717, 1.165) is 21.7 Å². The number of amides is 1. The van der Waals surface area contributed by atoms with Gasteiger partial charge in [0.25, 0.3) is 5.91 Å². The van der Waals surface area contributed by atoms with Crippen molar-refractivity contribution in [1.82, 2.24) is 5.32 Å². The lowest BCUT2D eigenvalue weighted by molar-refractivity contribution is -0.143. The molecular weight excluding hydrogens is 306 g/mol. The van der Waals surface area contributed by atoms with Gasteiger partial charge in [0, 0.05) is 22.9 Å². The number of rotatable bonds is 4. The van der Waals surface area contributed by atoms with E-state index in [2.05, 4.69) is 5.32 Å². The SMILES string of the molecule is Cc1c(C(=O)NCC2(C(=O)O)CC2)oc2c1ccc1ccccc12. The Bertz CT molecular complexity index is 982. The second-order valence-electron chi connectivity index (χ2n) is 6.49. The summed E-state index contributed by atoms with van der Waals surface area (Å²) in [5.41, 5.74) is 0.672. The van der Waals surface area contributed by atoms with Crippen LogP contribution < -0.4 is 5.32 Å². The molecule has 0 bridgehead atoms. The smallest absolute Gasteiger partial charge is 0.311 e. The van der Waals surface area contributed by atoms with Gasteiger partial charge in [0.2, 0.25) is 0 Å². The lowest BCUT2D eigenvalue weighted by Gasteiger charge is -2.10. The molecule has 1 fully saturated rings.